The summed E-state index contributed by atoms with van der Waals surface area (Å²) in [6.07, 6.45) is 3.04. The molecule has 0 aliphatic carbocycles. The molecule has 0 heterocycles. The lowest BCUT2D eigenvalue weighted by Crippen LogP contribution is -2.20. The van der Waals surface area contributed by atoms with E-state index in [1.54, 1.807) is 13.2 Å². The van der Waals surface area contributed by atoms with Crippen molar-refractivity contribution in [2.24, 2.45) is 0 Å². The van der Waals surface area contributed by atoms with Gasteiger partial charge < -0.3 is 15.4 Å². The topological polar surface area (TPSA) is 67.4 Å². The van der Waals surface area contributed by atoms with Crippen LogP contribution in [0.1, 0.15) is 32.6 Å². The Kier molecular flexibility index (Phi) is 7.82. The van der Waals surface area contributed by atoms with Gasteiger partial charge in [0.1, 0.15) is 5.75 Å². The van der Waals surface area contributed by atoms with Crippen LogP contribution in [0.3, 0.4) is 0 Å². The lowest BCUT2D eigenvalue weighted by Gasteiger charge is -2.10. The van der Waals surface area contributed by atoms with Crippen molar-refractivity contribution in [3.63, 3.8) is 0 Å². The third kappa shape index (κ3) is 7.13. The van der Waals surface area contributed by atoms with Gasteiger partial charge in [0.2, 0.25) is 11.8 Å². The lowest BCUT2D eigenvalue weighted by atomic mass is 10.2. The van der Waals surface area contributed by atoms with Crippen LogP contribution in [0.25, 0.3) is 0 Å². The quantitative estimate of drug-likeness (QED) is 0.703. The number of halogens is 1. The van der Waals surface area contributed by atoms with Gasteiger partial charge in [-0.15, -0.1) is 0 Å². The van der Waals surface area contributed by atoms with Gasteiger partial charge in [0.15, 0.2) is 0 Å². The van der Waals surface area contributed by atoms with Crippen LogP contribution in [0.2, 0.25) is 0 Å². The highest BCUT2D eigenvalue weighted by Crippen LogP contribution is 2.28. The van der Waals surface area contributed by atoms with E-state index >= 15 is 0 Å². The van der Waals surface area contributed by atoms with Gasteiger partial charge in [-0.3, -0.25) is 9.59 Å². The van der Waals surface area contributed by atoms with Crippen molar-refractivity contribution in [2.45, 2.75) is 32.6 Å². The van der Waals surface area contributed by atoms with Gasteiger partial charge in [-0.05, 0) is 31.0 Å². The summed E-state index contributed by atoms with van der Waals surface area (Å²) in [5.74, 6) is 0.581. The first-order valence-corrected chi connectivity index (χ1v) is 7.70. The fourth-order valence-corrected chi connectivity index (χ4v) is 2.20. The zero-order chi connectivity index (χ0) is 15.7. The number of nitrogens with one attached hydrogen (secondary N) is 2. The van der Waals surface area contributed by atoms with Crippen molar-refractivity contribution in [1.29, 1.82) is 0 Å². The summed E-state index contributed by atoms with van der Waals surface area (Å²) in [5, 5.41) is 5.58. The van der Waals surface area contributed by atoms with Gasteiger partial charge in [-0.1, -0.05) is 22.4 Å². The van der Waals surface area contributed by atoms with Crippen LogP contribution in [0.4, 0.5) is 5.69 Å². The molecule has 0 aliphatic heterocycles. The highest BCUT2D eigenvalue weighted by molar-refractivity contribution is 9.10. The van der Waals surface area contributed by atoms with Gasteiger partial charge >= 0.3 is 0 Å². The van der Waals surface area contributed by atoms with Crippen molar-refractivity contribution in [2.75, 3.05) is 19.0 Å². The molecule has 0 spiro atoms. The number of unbranched alkanes of at least 4 members (excludes halogenated alkanes) is 2. The summed E-state index contributed by atoms with van der Waals surface area (Å²) < 4.78 is 6.09. The predicted molar refractivity (Wildman–Crippen MR) is 86.5 cm³/mol. The first-order chi connectivity index (χ1) is 10.0. The Hall–Kier alpha value is -1.56. The number of hydrogen-bond donors (Lipinski definition) is 2. The first-order valence-electron chi connectivity index (χ1n) is 6.90. The number of amides is 2. The largest absolute Gasteiger partial charge is 0.495 e. The average molecular weight is 357 g/mol. The molecule has 0 bridgehead atoms. The van der Waals surface area contributed by atoms with Gasteiger partial charge in [0.05, 0.1) is 12.8 Å². The molecular weight excluding hydrogens is 336 g/mol. The van der Waals surface area contributed by atoms with E-state index in [1.165, 1.54) is 6.92 Å². The average Bonchev–Trinajstić information content (AvgIpc) is 2.42. The molecule has 116 valence electrons. The molecule has 0 saturated heterocycles. The van der Waals surface area contributed by atoms with Gasteiger partial charge in [-0.25, -0.2) is 0 Å². The fraction of sp³-hybridized carbons (Fsp3) is 0.467. The Morgan fingerprint density at radius 3 is 2.67 bits per heavy atom. The SMILES string of the molecule is COc1ccc(Br)cc1NC(=O)CCCCCNC(C)=O. The number of rotatable bonds is 8. The van der Waals surface area contributed by atoms with Crippen molar-refractivity contribution in [3.8, 4) is 5.75 Å². The molecule has 2 amide bonds. The number of carbonyl (C=O) groups excluding carboxylic acids is 2. The first kappa shape index (κ1) is 17.5. The van der Waals surface area contributed by atoms with E-state index in [0.717, 1.165) is 23.7 Å². The summed E-state index contributed by atoms with van der Waals surface area (Å²) in [5.41, 5.74) is 0.662. The number of anilines is 1. The minimum absolute atomic E-state index is 0.0190. The molecule has 0 atom stereocenters. The summed E-state index contributed by atoms with van der Waals surface area (Å²) in [7, 11) is 1.57. The van der Waals surface area contributed by atoms with E-state index in [4.69, 9.17) is 4.74 Å². The van der Waals surface area contributed by atoms with E-state index in [1.807, 2.05) is 12.1 Å². The second-order valence-corrected chi connectivity index (χ2v) is 5.60. The molecule has 5 nitrogen and oxygen atoms in total. The molecule has 0 fully saturated rings. The molecule has 0 radical (unpaired) electrons. The molecule has 1 aromatic carbocycles. The van der Waals surface area contributed by atoms with Crippen LogP contribution < -0.4 is 15.4 Å². The summed E-state index contributed by atoms with van der Waals surface area (Å²) >= 11 is 3.37. The third-order valence-corrected chi connectivity index (χ3v) is 3.38. The highest BCUT2D eigenvalue weighted by atomic mass is 79.9. The zero-order valence-electron chi connectivity index (χ0n) is 12.4. The lowest BCUT2D eigenvalue weighted by molar-refractivity contribution is -0.119. The van der Waals surface area contributed by atoms with Crippen LogP contribution >= 0.6 is 15.9 Å². The maximum atomic E-state index is 11.9. The van der Waals surface area contributed by atoms with Crippen LogP contribution in [-0.2, 0) is 9.59 Å². The van der Waals surface area contributed by atoms with Crippen molar-refractivity contribution in [1.82, 2.24) is 5.32 Å². The molecular formula is C15H21BrN2O3. The van der Waals surface area contributed by atoms with Crippen molar-refractivity contribution < 1.29 is 14.3 Å². The van der Waals surface area contributed by atoms with Gasteiger partial charge in [-0.2, -0.15) is 0 Å². The number of benzene rings is 1. The maximum Gasteiger partial charge on any atom is 0.224 e. The molecule has 1 aromatic rings. The number of carbonyl (C=O) groups is 2. The van der Waals surface area contributed by atoms with E-state index in [-0.39, 0.29) is 11.8 Å². The second-order valence-electron chi connectivity index (χ2n) is 4.69. The van der Waals surface area contributed by atoms with Gasteiger partial charge in [0.25, 0.3) is 0 Å². The molecule has 1 rings (SSSR count). The number of ether oxygens (including phenoxy) is 1. The van der Waals surface area contributed by atoms with E-state index < -0.39 is 0 Å². The third-order valence-electron chi connectivity index (χ3n) is 2.89. The summed E-state index contributed by atoms with van der Waals surface area (Å²) in [4.78, 5) is 22.6. The fourth-order valence-electron chi connectivity index (χ4n) is 1.84. The molecule has 0 aromatic heterocycles. The standard InChI is InChI=1S/C15H21BrN2O3/c1-11(19)17-9-5-3-4-6-15(20)18-13-10-12(16)7-8-14(13)21-2/h7-8,10H,3-6,9H2,1-2H3,(H,17,19)(H,18,20). The molecule has 0 aliphatic rings. The number of hydrogen-bond acceptors (Lipinski definition) is 3. The van der Waals surface area contributed by atoms with E-state index in [2.05, 4.69) is 26.6 Å². The normalized spacial score (nSPS) is 10.0. The highest BCUT2D eigenvalue weighted by Gasteiger charge is 2.08. The molecule has 6 heteroatoms. The Labute approximate surface area is 133 Å². The molecule has 2 N–H and O–H groups in total. The zero-order valence-corrected chi connectivity index (χ0v) is 14.0. The van der Waals surface area contributed by atoms with Crippen LogP contribution in [0.15, 0.2) is 22.7 Å². The maximum absolute atomic E-state index is 11.9. The second kappa shape index (κ2) is 9.39. The van der Waals surface area contributed by atoms with Crippen LogP contribution in [-0.4, -0.2) is 25.5 Å². The predicted octanol–water partition coefficient (Wildman–Crippen LogP) is 3.09. The van der Waals surface area contributed by atoms with E-state index in [9.17, 15) is 9.59 Å². The Morgan fingerprint density at radius 1 is 1.24 bits per heavy atom. The Morgan fingerprint density at radius 2 is 2.00 bits per heavy atom. The van der Waals surface area contributed by atoms with E-state index in [0.29, 0.717) is 24.4 Å². The van der Waals surface area contributed by atoms with Crippen molar-refractivity contribution >= 4 is 33.4 Å². The van der Waals surface area contributed by atoms with Gasteiger partial charge in [0, 0.05) is 24.4 Å². The Balaban J connectivity index is 2.31. The molecule has 21 heavy (non-hydrogen) atoms. The minimum atomic E-state index is -0.0362. The summed E-state index contributed by atoms with van der Waals surface area (Å²) in [6, 6.07) is 5.47. The summed E-state index contributed by atoms with van der Waals surface area (Å²) in [6.45, 7) is 2.16. The van der Waals surface area contributed by atoms with Crippen molar-refractivity contribution in [3.05, 3.63) is 22.7 Å². The molecule has 0 unspecified atom stereocenters. The van der Waals surface area contributed by atoms with Crippen LogP contribution in [0, 0.1) is 0 Å². The smallest absolute Gasteiger partial charge is 0.224 e. The Bertz CT molecular complexity index is 492. The monoisotopic (exact) mass is 356 g/mol. The van der Waals surface area contributed by atoms with Crippen LogP contribution in [0.5, 0.6) is 5.75 Å². The molecule has 0 saturated carbocycles. The minimum Gasteiger partial charge on any atom is -0.495 e. The number of methoxy groups -OCH3 is 1.